The standard InChI is InChI=1S/C10H12BrClO3S/c1-10(11,16(2,14)15)9(13)7-4-3-5-8(12)6-7/h3-6,9,13H,1-2H3. The molecule has 1 N–H and O–H groups in total. The Morgan fingerprint density at radius 3 is 2.50 bits per heavy atom. The summed E-state index contributed by atoms with van der Waals surface area (Å²) in [5.41, 5.74) is 0.456. The number of hydrogen-bond acceptors (Lipinski definition) is 3. The van der Waals surface area contributed by atoms with Crippen molar-refractivity contribution in [2.24, 2.45) is 0 Å². The molecule has 0 spiro atoms. The van der Waals surface area contributed by atoms with Crippen molar-refractivity contribution in [3.05, 3.63) is 34.9 Å². The van der Waals surface area contributed by atoms with E-state index >= 15 is 0 Å². The van der Waals surface area contributed by atoms with Crippen LogP contribution in [-0.4, -0.2) is 23.4 Å². The van der Waals surface area contributed by atoms with Gasteiger partial charge in [-0.05, 0) is 24.6 Å². The minimum atomic E-state index is -3.44. The van der Waals surface area contributed by atoms with E-state index in [0.29, 0.717) is 10.6 Å². The lowest BCUT2D eigenvalue weighted by molar-refractivity contribution is 0.168. The number of hydrogen-bond donors (Lipinski definition) is 1. The van der Waals surface area contributed by atoms with E-state index < -0.39 is 19.6 Å². The van der Waals surface area contributed by atoms with Gasteiger partial charge in [-0.25, -0.2) is 8.42 Å². The smallest absolute Gasteiger partial charge is 0.165 e. The van der Waals surface area contributed by atoms with Crippen LogP contribution >= 0.6 is 27.5 Å². The van der Waals surface area contributed by atoms with Gasteiger partial charge in [-0.3, -0.25) is 0 Å². The third kappa shape index (κ3) is 2.77. The van der Waals surface area contributed by atoms with Crippen molar-refractivity contribution in [1.29, 1.82) is 0 Å². The summed E-state index contributed by atoms with van der Waals surface area (Å²) in [5, 5.41) is 10.5. The van der Waals surface area contributed by atoms with E-state index in [1.807, 2.05) is 0 Å². The van der Waals surface area contributed by atoms with Crippen LogP contribution in [0.4, 0.5) is 0 Å². The fourth-order valence-corrected chi connectivity index (χ4v) is 2.18. The highest BCUT2D eigenvalue weighted by Crippen LogP contribution is 2.38. The zero-order valence-corrected chi connectivity index (χ0v) is 12.0. The lowest BCUT2D eigenvalue weighted by atomic mass is 10.1. The summed E-state index contributed by atoms with van der Waals surface area (Å²) in [6, 6.07) is 6.48. The first-order valence-electron chi connectivity index (χ1n) is 4.48. The number of aliphatic hydroxyl groups excluding tert-OH is 1. The number of rotatable bonds is 3. The van der Waals surface area contributed by atoms with E-state index in [2.05, 4.69) is 15.9 Å². The van der Waals surface area contributed by atoms with Gasteiger partial charge >= 0.3 is 0 Å². The van der Waals surface area contributed by atoms with Gasteiger partial charge in [-0.1, -0.05) is 39.7 Å². The average molecular weight is 328 g/mol. The number of benzene rings is 1. The van der Waals surface area contributed by atoms with Crippen LogP contribution < -0.4 is 0 Å². The summed E-state index contributed by atoms with van der Waals surface area (Å²) < 4.78 is 21.6. The third-order valence-corrected chi connectivity index (χ3v) is 6.48. The van der Waals surface area contributed by atoms with Crippen LogP contribution in [0.25, 0.3) is 0 Å². The van der Waals surface area contributed by atoms with E-state index in [0.717, 1.165) is 6.26 Å². The number of alkyl halides is 1. The molecule has 3 nitrogen and oxygen atoms in total. The molecule has 1 aromatic rings. The SMILES string of the molecule is CC(Br)(C(O)c1cccc(Cl)c1)S(C)(=O)=O. The minimum absolute atomic E-state index is 0.452. The highest BCUT2D eigenvalue weighted by Gasteiger charge is 2.41. The maximum Gasteiger partial charge on any atom is 0.165 e. The van der Waals surface area contributed by atoms with E-state index in [1.165, 1.54) is 13.0 Å². The second-order valence-corrected chi connectivity index (χ2v) is 8.72. The van der Waals surface area contributed by atoms with E-state index in [-0.39, 0.29) is 0 Å². The van der Waals surface area contributed by atoms with Crippen molar-refractivity contribution < 1.29 is 13.5 Å². The van der Waals surface area contributed by atoms with Crippen molar-refractivity contribution >= 4 is 37.4 Å². The number of sulfone groups is 1. The fourth-order valence-electron chi connectivity index (χ4n) is 1.18. The third-order valence-electron chi connectivity index (χ3n) is 2.38. The van der Waals surface area contributed by atoms with Gasteiger partial charge < -0.3 is 5.11 Å². The van der Waals surface area contributed by atoms with Gasteiger partial charge in [0.2, 0.25) is 0 Å². The Morgan fingerprint density at radius 2 is 2.06 bits per heavy atom. The zero-order chi connectivity index (χ0) is 12.6. The predicted molar refractivity (Wildman–Crippen MR) is 68.6 cm³/mol. The van der Waals surface area contributed by atoms with Crippen LogP contribution in [0.1, 0.15) is 18.6 Å². The predicted octanol–water partition coefficient (Wildman–Crippen LogP) is 2.53. The Morgan fingerprint density at radius 1 is 1.50 bits per heavy atom. The van der Waals surface area contributed by atoms with Gasteiger partial charge in [0.15, 0.2) is 13.5 Å². The quantitative estimate of drug-likeness (QED) is 0.868. The molecule has 0 aliphatic rings. The molecule has 16 heavy (non-hydrogen) atoms. The topological polar surface area (TPSA) is 54.4 Å². The van der Waals surface area contributed by atoms with E-state index in [4.69, 9.17) is 11.6 Å². The first-order valence-corrected chi connectivity index (χ1v) is 7.54. The van der Waals surface area contributed by atoms with Gasteiger partial charge in [0.25, 0.3) is 0 Å². The average Bonchev–Trinajstić information content (AvgIpc) is 2.14. The Hall–Kier alpha value is -0.100. The summed E-state index contributed by atoms with van der Waals surface area (Å²) in [5.74, 6) is 0. The number of aliphatic hydroxyl groups is 1. The summed E-state index contributed by atoms with van der Waals surface area (Å²) in [6.07, 6.45) is -0.114. The molecule has 6 heteroatoms. The van der Waals surface area contributed by atoms with Gasteiger partial charge in [-0.2, -0.15) is 0 Å². The van der Waals surface area contributed by atoms with Crippen molar-refractivity contribution in [2.75, 3.05) is 6.26 Å². The van der Waals surface area contributed by atoms with Gasteiger partial charge in [0, 0.05) is 11.3 Å². The van der Waals surface area contributed by atoms with Crippen molar-refractivity contribution in [3.63, 3.8) is 0 Å². The lowest BCUT2D eigenvalue weighted by Crippen LogP contribution is -2.34. The second-order valence-electron chi connectivity index (χ2n) is 3.72. The molecule has 0 aromatic heterocycles. The van der Waals surface area contributed by atoms with Crippen LogP contribution in [-0.2, 0) is 9.84 Å². The normalized spacial score (nSPS) is 17.8. The molecule has 2 unspecified atom stereocenters. The lowest BCUT2D eigenvalue weighted by Gasteiger charge is -2.26. The molecular formula is C10H12BrClO3S. The van der Waals surface area contributed by atoms with Crippen molar-refractivity contribution in [1.82, 2.24) is 0 Å². The van der Waals surface area contributed by atoms with Crippen molar-refractivity contribution in [3.8, 4) is 0 Å². The van der Waals surface area contributed by atoms with Gasteiger partial charge in [0.05, 0.1) is 0 Å². The fraction of sp³-hybridized carbons (Fsp3) is 0.400. The second kappa shape index (κ2) is 4.64. The van der Waals surface area contributed by atoms with Gasteiger partial charge in [-0.15, -0.1) is 0 Å². The maximum absolute atomic E-state index is 11.5. The molecule has 0 aliphatic heterocycles. The highest BCUT2D eigenvalue weighted by molar-refractivity contribution is 9.11. The molecule has 0 radical (unpaired) electrons. The Bertz CT molecular complexity index is 485. The molecule has 2 atom stereocenters. The molecular weight excluding hydrogens is 316 g/mol. The Labute approximate surface area is 108 Å². The molecule has 1 aromatic carbocycles. The summed E-state index contributed by atoms with van der Waals surface area (Å²) in [7, 11) is -3.44. The summed E-state index contributed by atoms with van der Waals surface area (Å²) in [6.45, 7) is 1.41. The van der Waals surface area contributed by atoms with Gasteiger partial charge in [0.1, 0.15) is 6.10 Å². The largest absolute Gasteiger partial charge is 0.386 e. The zero-order valence-electron chi connectivity index (χ0n) is 8.81. The van der Waals surface area contributed by atoms with Crippen LogP contribution in [0.5, 0.6) is 0 Å². The molecule has 0 heterocycles. The molecule has 0 saturated heterocycles. The van der Waals surface area contributed by atoms with Crippen molar-refractivity contribution in [2.45, 2.75) is 16.7 Å². The highest BCUT2D eigenvalue weighted by atomic mass is 79.9. The molecule has 1 rings (SSSR count). The molecule has 0 fully saturated rings. The molecule has 0 bridgehead atoms. The maximum atomic E-state index is 11.5. The van der Waals surface area contributed by atoms with Crippen LogP contribution in [0, 0.1) is 0 Å². The Balaban J connectivity index is 3.17. The van der Waals surface area contributed by atoms with Crippen LogP contribution in [0.2, 0.25) is 5.02 Å². The summed E-state index contributed by atoms with van der Waals surface area (Å²) in [4.78, 5) is 0. The first kappa shape index (κ1) is 14.0. The minimum Gasteiger partial charge on any atom is -0.386 e. The van der Waals surface area contributed by atoms with Crippen LogP contribution in [0.15, 0.2) is 24.3 Å². The Kier molecular flexibility index (Phi) is 4.05. The molecule has 0 aliphatic carbocycles. The van der Waals surface area contributed by atoms with Crippen LogP contribution in [0.3, 0.4) is 0 Å². The molecule has 90 valence electrons. The van der Waals surface area contributed by atoms with E-state index in [1.54, 1.807) is 18.2 Å². The van der Waals surface area contributed by atoms with E-state index in [9.17, 15) is 13.5 Å². The number of halogens is 2. The monoisotopic (exact) mass is 326 g/mol. The first-order chi connectivity index (χ1) is 7.16. The molecule has 0 saturated carbocycles. The summed E-state index contributed by atoms with van der Waals surface area (Å²) >= 11 is 8.83. The molecule has 0 amide bonds.